The first-order valence-electron chi connectivity index (χ1n) is 8.43. The molecule has 0 amide bonds. The van der Waals surface area contributed by atoms with Gasteiger partial charge in [-0.1, -0.05) is 24.3 Å². The maximum absolute atomic E-state index is 13.2. The number of halogens is 1. The van der Waals surface area contributed by atoms with E-state index in [-0.39, 0.29) is 29.6 Å². The summed E-state index contributed by atoms with van der Waals surface area (Å²) in [7, 11) is 0. The van der Waals surface area contributed by atoms with Gasteiger partial charge in [0.1, 0.15) is 17.3 Å². The Kier molecular flexibility index (Phi) is 3.85. The van der Waals surface area contributed by atoms with Gasteiger partial charge in [0.05, 0.1) is 0 Å². The summed E-state index contributed by atoms with van der Waals surface area (Å²) < 4.78 is 13.2. The topological polar surface area (TPSA) is 40.5 Å². The molecule has 4 heteroatoms. The molecule has 3 atom stereocenters. The molecule has 1 saturated carbocycles. The van der Waals surface area contributed by atoms with Crippen LogP contribution in [0.5, 0.6) is 5.75 Å². The Morgan fingerprint density at radius 1 is 1.12 bits per heavy atom. The van der Waals surface area contributed by atoms with E-state index < -0.39 is 0 Å². The zero-order valence-corrected chi connectivity index (χ0v) is 13.4. The maximum Gasteiger partial charge on any atom is 0.139 e. The summed E-state index contributed by atoms with van der Waals surface area (Å²) >= 11 is 0. The van der Waals surface area contributed by atoms with Crippen molar-refractivity contribution >= 4 is 5.78 Å². The molecule has 2 bridgehead atoms. The minimum Gasteiger partial charge on any atom is -0.508 e. The molecule has 3 fully saturated rings. The van der Waals surface area contributed by atoms with E-state index in [1.807, 2.05) is 12.1 Å². The molecule has 3 unspecified atom stereocenters. The highest BCUT2D eigenvalue weighted by Gasteiger charge is 2.47. The zero-order valence-electron chi connectivity index (χ0n) is 13.4. The van der Waals surface area contributed by atoms with Crippen molar-refractivity contribution in [2.24, 2.45) is 5.92 Å². The number of phenolic OH excluding ortho intramolecular Hbond substituents is 1. The van der Waals surface area contributed by atoms with E-state index in [1.54, 1.807) is 24.3 Å². The van der Waals surface area contributed by atoms with E-state index in [2.05, 4.69) is 4.90 Å². The number of carbonyl (C=O) groups is 1. The minimum atomic E-state index is -0.237. The Balaban J connectivity index is 1.69. The van der Waals surface area contributed by atoms with E-state index in [0.29, 0.717) is 18.7 Å². The van der Waals surface area contributed by atoms with Crippen LogP contribution < -0.4 is 0 Å². The van der Waals surface area contributed by atoms with E-state index in [9.17, 15) is 14.3 Å². The number of piperidine rings is 2. The Hall–Kier alpha value is -2.20. The van der Waals surface area contributed by atoms with E-state index in [4.69, 9.17) is 0 Å². The largest absolute Gasteiger partial charge is 0.508 e. The van der Waals surface area contributed by atoms with Crippen molar-refractivity contribution in [2.45, 2.75) is 37.9 Å². The number of aromatic hydroxyl groups is 1. The highest BCUT2D eigenvalue weighted by atomic mass is 19.1. The quantitative estimate of drug-likeness (QED) is 0.932. The molecule has 2 heterocycles. The lowest BCUT2D eigenvalue weighted by Gasteiger charge is -2.50. The van der Waals surface area contributed by atoms with Crippen molar-refractivity contribution in [3.8, 4) is 5.75 Å². The van der Waals surface area contributed by atoms with Crippen molar-refractivity contribution in [1.82, 2.24) is 4.90 Å². The number of hydrogen-bond donors (Lipinski definition) is 1. The van der Waals surface area contributed by atoms with Gasteiger partial charge >= 0.3 is 0 Å². The standard InChI is InChI=1S/C20H20FNO2/c21-15-6-4-13(5-7-15)12-22-16-8-9-18(19(24)11-16)20(22)14-2-1-3-17(23)10-14/h1-7,10,16,18,20,23H,8-9,11-12H2. The minimum absolute atomic E-state index is 0.0119. The van der Waals surface area contributed by atoms with Gasteiger partial charge < -0.3 is 5.11 Å². The zero-order chi connectivity index (χ0) is 16.7. The molecule has 2 saturated heterocycles. The van der Waals surface area contributed by atoms with Crippen LogP contribution in [0, 0.1) is 11.7 Å². The molecule has 5 rings (SSSR count). The van der Waals surface area contributed by atoms with Crippen LogP contribution in [0.1, 0.15) is 36.4 Å². The van der Waals surface area contributed by atoms with Crippen LogP contribution >= 0.6 is 0 Å². The fourth-order valence-corrected chi connectivity index (χ4v) is 4.25. The summed E-state index contributed by atoms with van der Waals surface area (Å²) in [5.41, 5.74) is 2.03. The lowest BCUT2D eigenvalue weighted by molar-refractivity contribution is -0.138. The average Bonchev–Trinajstić information content (AvgIpc) is 2.58. The number of benzene rings is 2. The molecule has 2 aliphatic heterocycles. The first-order chi connectivity index (χ1) is 11.6. The normalized spacial score (nSPS) is 26.7. The Labute approximate surface area is 140 Å². The molecule has 2 aromatic rings. The number of ketones is 1. The summed E-state index contributed by atoms with van der Waals surface area (Å²) in [6, 6.07) is 14.0. The lowest BCUT2D eigenvalue weighted by Crippen LogP contribution is -2.53. The smallest absolute Gasteiger partial charge is 0.139 e. The van der Waals surface area contributed by atoms with Crippen molar-refractivity contribution in [3.05, 3.63) is 65.5 Å². The van der Waals surface area contributed by atoms with Gasteiger partial charge in [-0.15, -0.1) is 0 Å². The van der Waals surface area contributed by atoms with Crippen LogP contribution in [-0.2, 0) is 11.3 Å². The molecule has 124 valence electrons. The monoisotopic (exact) mass is 325 g/mol. The molecular weight excluding hydrogens is 305 g/mol. The third-order valence-corrected chi connectivity index (χ3v) is 5.36. The summed E-state index contributed by atoms with van der Waals surface area (Å²) in [5.74, 6) is 0.300. The van der Waals surface area contributed by atoms with Gasteiger partial charge in [0.2, 0.25) is 0 Å². The predicted octanol–water partition coefficient (Wildman–Crippen LogP) is 3.83. The molecule has 0 radical (unpaired) electrons. The summed E-state index contributed by atoms with van der Waals surface area (Å²) in [4.78, 5) is 14.8. The van der Waals surface area contributed by atoms with E-state index in [0.717, 1.165) is 24.0 Å². The fourth-order valence-electron chi connectivity index (χ4n) is 4.25. The molecule has 1 N–H and O–H groups in total. The van der Waals surface area contributed by atoms with Gasteiger partial charge in [-0.3, -0.25) is 9.69 Å². The molecule has 2 aromatic carbocycles. The van der Waals surface area contributed by atoms with Crippen molar-refractivity contribution in [3.63, 3.8) is 0 Å². The van der Waals surface area contributed by atoms with E-state index in [1.165, 1.54) is 12.1 Å². The first-order valence-corrected chi connectivity index (χ1v) is 8.43. The SMILES string of the molecule is O=C1CC2CCC1C(c1cccc(O)c1)N2Cc1ccc(F)cc1. The number of carbonyl (C=O) groups excluding carboxylic acids is 1. The summed E-state index contributed by atoms with van der Waals surface area (Å²) in [6.45, 7) is 0.690. The second kappa shape index (κ2) is 6.02. The number of rotatable bonds is 3. The van der Waals surface area contributed by atoms with Gasteiger partial charge in [0, 0.05) is 31.0 Å². The van der Waals surface area contributed by atoms with Crippen molar-refractivity contribution < 1.29 is 14.3 Å². The molecule has 1 aliphatic carbocycles. The lowest BCUT2D eigenvalue weighted by atomic mass is 9.71. The van der Waals surface area contributed by atoms with Crippen LogP contribution in [0.3, 0.4) is 0 Å². The van der Waals surface area contributed by atoms with Crippen molar-refractivity contribution in [1.29, 1.82) is 0 Å². The highest BCUT2D eigenvalue weighted by molar-refractivity contribution is 5.84. The molecule has 3 nitrogen and oxygen atoms in total. The number of Topliss-reactive ketones (excluding diaryl/α,β-unsaturated/α-hetero) is 1. The molecular formula is C20H20FNO2. The Morgan fingerprint density at radius 3 is 2.62 bits per heavy atom. The number of nitrogens with zero attached hydrogens (tertiary/aromatic N) is 1. The predicted molar refractivity (Wildman–Crippen MR) is 88.9 cm³/mol. The maximum atomic E-state index is 13.2. The number of fused-ring (bicyclic) bond motifs is 3. The van der Waals surface area contributed by atoms with Gasteiger partial charge in [-0.2, -0.15) is 0 Å². The van der Waals surface area contributed by atoms with Crippen LogP contribution in [-0.4, -0.2) is 21.8 Å². The molecule has 0 spiro atoms. The second-order valence-corrected chi connectivity index (χ2v) is 6.85. The molecule has 3 aliphatic rings. The van der Waals surface area contributed by atoms with Gasteiger partial charge in [-0.05, 0) is 48.2 Å². The van der Waals surface area contributed by atoms with Crippen molar-refractivity contribution in [2.75, 3.05) is 0 Å². The van der Waals surface area contributed by atoms with E-state index >= 15 is 0 Å². The highest BCUT2D eigenvalue weighted by Crippen LogP contribution is 2.46. The summed E-state index contributed by atoms with van der Waals surface area (Å²) in [6.07, 6.45) is 2.53. The van der Waals surface area contributed by atoms with Gasteiger partial charge in [-0.25, -0.2) is 4.39 Å². The van der Waals surface area contributed by atoms with Crippen LogP contribution in [0.25, 0.3) is 0 Å². The van der Waals surface area contributed by atoms with Crippen LogP contribution in [0.15, 0.2) is 48.5 Å². The van der Waals surface area contributed by atoms with Crippen LogP contribution in [0.4, 0.5) is 4.39 Å². The number of phenols is 1. The third-order valence-electron chi connectivity index (χ3n) is 5.36. The Morgan fingerprint density at radius 2 is 1.92 bits per heavy atom. The fraction of sp³-hybridized carbons (Fsp3) is 0.350. The van der Waals surface area contributed by atoms with Crippen LogP contribution in [0.2, 0.25) is 0 Å². The number of hydrogen-bond acceptors (Lipinski definition) is 3. The average molecular weight is 325 g/mol. The summed E-state index contributed by atoms with van der Waals surface area (Å²) in [5, 5.41) is 9.84. The Bertz CT molecular complexity index is 758. The van der Waals surface area contributed by atoms with Gasteiger partial charge in [0.25, 0.3) is 0 Å². The first kappa shape index (κ1) is 15.3. The molecule has 0 aromatic heterocycles. The third kappa shape index (κ3) is 2.71. The molecule has 24 heavy (non-hydrogen) atoms. The van der Waals surface area contributed by atoms with Gasteiger partial charge in [0.15, 0.2) is 0 Å². The second-order valence-electron chi connectivity index (χ2n) is 6.85.